The summed E-state index contributed by atoms with van der Waals surface area (Å²) in [4.78, 5) is 23.8. The first-order valence-corrected chi connectivity index (χ1v) is 8.82. The minimum Gasteiger partial charge on any atom is -0.378 e. The van der Waals surface area contributed by atoms with Gasteiger partial charge >= 0.3 is 5.69 Å². The Morgan fingerprint density at radius 2 is 1.72 bits per heavy atom. The number of morpholine rings is 1. The maximum Gasteiger partial charge on any atom is 0.353 e. The molecule has 0 bridgehead atoms. The van der Waals surface area contributed by atoms with E-state index in [1.54, 1.807) is 0 Å². The molecule has 2 saturated heterocycles. The first kappa shape index (κ1) is 17.7. The van der Waals surface area contributed by atoms with Crippen molar-refractivity contribution >= 4 is 23.3 Å². The molecule has 0 unspecified atom stereocenters. The largest absolute Gasteiger partial charge is 0.378 e. The third kappa shape index (κ3) is 3.76. The Labute approximate surface area is 147 Å². The topological polar surface area (TPSA) is 111 Å². The molecule has 9 nitrogen and oxygen atoms in total. The minimum absolute atomic E-state index is 0.0289. The molecule has 2 fully saturated rings. The van der Waals surface area contributed by atoms with Gasteiger partial charge in [0.2, 0.25) is 17.6 Å². The van der Waals surface area contributed by atoms with Crippen LogP contribution in [-0.4, -0.2) is 53.3 Å². The van der Waals surface area contributed by atoms with Gasteiger partial charge < -0.3 is 20.3 Å². The second kappa shape index (κ2) is 6.99. The quantitative estimate of drug-likeness (QED) is 0.649. The molecule has 3 rings (SSSR count). The Hall–Kier alpha value is -2.16. The molecule has 1 aromatic heterocycles. The van der Waals surface area contributed by atoms with E-state index in [1.165, 1.54) is 0 Å². The van der Waals surface area contributed by atoms with Crippen LogP contribution >= 0.6 is 0 Å². The van der Waals surface area contributed by atoms with Crippen molar-refractivity contribution in [3.63, 3.8) is 0 Å². The number of nitrogens with two attached hydrogens (primary N) is 1. The first-order valence-electron chi connectivity index (χ1n) is 8.82. The highest BCUT2D eigenvalue weighted by Gasteiger charge is 2.33. The highest BCUT2D eigenvalue weighted by atomic mass is 16.6. The van der Waals surface area contributed by atoms with E-state index < -0.39 is 4.92 Å². The molecule has 0 aliphatic carbocycles. The van der Waals surface area contributed by atoms with Crippen LogP contribution in [0, 0.1) is 16.0 Å². The van der Waals surface area contributed by atoms with Crippen molar-refractivity contribution in [1.82, 2.24) is 9.97 Å². The van der Waals surface area contributed by atoms with Crippen LogP contribution in [0.4, 0.5) is 23.3 Å². The monoisotopic (exact) mass is 350 g/mol. The van der Waals surface area contributed by atoms with Crippen molar-refractivity contribution in [2.75, 3.05) is 41.7 Å². The van der Waals surface area contributed by atoms with Gasteiger partial charge in [0.15, 0.2) is 0 Å². The second-order valence-corrected chi connectivity index (χ2v) is 7.17. The summed E-state index contributed by atoms with van der Waals surface area (Å²) in [6.07, 6.45) is 2.06. The number of piperidine rings is 1. The molecule has 1 aromatic rings. The average Bonchev–Trinajstić information content (AvgIpc) is 2.53. The molecule has 25 heavy (non-hydrogen) atoms. The van der Waals surface area contributed by atoms with Gasteiger partial charge in [0.25, 0.3) is 0 Å². The summed E-state index contributed by atoms with van der Waals surface area (Å²) in [6.45, 7) is 8.89. The number of aromatic nitrogens is 2. The van der Waals surface area contributed by atoms with E-state index in [9.17, 15) is 10.1 Å². The molecule has 138 valence electrons. The zero-order valence-corrected chi connectivity index (χ0v) is 15.0. The van der Waals surface area contributed by atoms with Crippen LogP contribution in [0.2, 0.25) is 0 Å². The SMILES string of the molecule is CC1CCN(c2nc(N)c([N+](=O)[O-])c(N3C[C@@H](C)O[C@@H](C)C3)n2)CC1. The van der Waals surface area contributed by atoms with Crippen molar-refractivity contribution in [2.45, 2.75) is 45.8 Å². The lowest BCUT2D eigenvalue weighted by molar-refractivity contribution is -0.383. The Morgan fingerprint density at radius 3 is 2.28 bits per heavy atom. The number of ether oxygens (including phenoxy) is 1. The van der Waals surface area contributed by atoms with Gasteiger partial charge in [-0.2, -0.15) is 9.97 Å². The van der Waals surface area contributed by atoms with Crippen molar-refractivity contribution in [2.24, 2.45) is 5.92 Å². The number of nitrogen functional groups attached to an aromatic ring is 1. The molecule has 2 aliphatic rings. The number of hydrogen-bond donors (Lipinski definition) is 1. The van der Waals surface area contributed by atoms with Gasteiger partial charge in [0.1, 0.15) is 0 Å². The lowest BCUT2D eigenvalue weighted by atomic mass is 10.00. The molecule has 0 saturated carbocycles. The number of anilines is 3. The molecule has 2 aliphatic heterocycles. The van der Waals surface area contributed by atoms with E-state index >= 15 is 0 Å². The molecule has 0 spiro atoms. The lowest BCUT2D eigenvalue weighted by Gasteiger charge is -2.36. The highest BCUT2D eigenvalue weighted by Crippen LogP contribution is 2.35. The van der Waals surface area contributed by atoms with Crippen molar-refractivity contribution in [3.8, 4) is 0 Å². The number of rotatable bonds is 3. The van der Waals surface area contributed by atoms with Crippen LogP contribution in [0.3, 0.4) is 0 Å². The summed E-state index contributed by atoms with van der Waals surface area (Å²) in [7, 11) is 0. The molecule has 2 N–H and O–H groups in total. The van der Waals surface area contributed by atoms with Gasteiger partial charge in [-0.05, 0) is 32.6 Å². The van der Waals surface area contributed by atoms with E-state index in [1.807, 2.05) is 18.7 Å². The summed E-state index contributed by atoms with van der Waals surface area (Å²) in [5, 5.41) is 11.6. The zero-order valence-electron chi connectivity index (χ0n) is 15.0. The van der Waals surface area contributed by atoms with E-state index in [0.29, 0.717) is 30.8 Å². The molecule has 0 amide bonds. The van der Waals surface area contributed by atoms with Crippen LogP contribution < -0.4 is 15.5 Å². The summed E-state index contributed by atoms with van der Waals surface area (Å²) in [5.41, 5.74) is 5.74. The highest BCUT2D eigenvalue weighted by molar-refractivity contribution is 5.71. The number of nitrogens with zero attached hydrogens (tertiary/aromatic N) is 5. The third-order valence-corrected chi connectivity index (χ3v) is 4.85. The predicted octanol–water partition coefficient (Wildman–Crippen LogP) is 1.82. The Morgan fingerprint density at radius 1 is 1.12 bits per heavy atom. The van der Waals surface area contributed by atoms with Gasteiger partial charge in [-0.3, -0.25) is 10.1 Å². The maximum absolute atomic E-state index is 11.6. The molecular weight excluding hydrogens is 324 g/mol. The van der Waals surface area contributed by atoms with Crippen LogP contribution in [0.15, 0.2) is 0 Å². The molecule has 9 heteroatoms. The second-order valence-electron chi connectivity index (χ2n) is 7.17. The van der Waals surface area contributed by atoms with Crippen molar-refractivity contribution in [3.05, 3.63) is 10.1 Å². The van der Waals surface area contributed by atoms with Gasteiger partial charge in [-0.1, -0.05) is 6.92 Å². The Balaban J connectivity index is 1.97. The van der Waals surface area contributed by atoms with Crippen molar-refractivity contribution < 1.29 is 9.66 Å². The van der Waals surface area contributed by atoms with E-state index in [4.69, 9.17) is 10.5 Å². The summed E-state index contributed by atoms with van der Waals surface area (Å²) in [5.74, 6) is 1.38. The lowest BCUT2D eigenvalue weighted by Crippen LogP contribution is -2.46. The van der Waals surface area contributed by atoms with Gasteiger partial charge in [0.05, 0.1) is 17.1 Å². The first-order chi connectivity index (χ1) is 11.8. The van der Waals surface area contributed by atoms with Crippen molar-refractivity contribution in [1.29, 1.82) is 0 Å². The molecule has 2 atom stereocenters. The Bertz CT molecular complexity index is 637. The van der Waals surface area contributed by atoms with Crippen LogP contribution in [0.1, 0.15) is 33.6 Å². The van der Waals surface area contributed by atoms with E-state index in [-0.39, 0.29) is 23.7 Å². The van der Waals surface area contributed by atoms with Crippen LogP contribution in [-0.2, 0) is 4.74 Å². The average molecular weight is 350 g/mol. The Kier molecular flexibility index (Phi) is 4.94. The number of hydrogen-bond acceptors (Lipinski definition) is 8. The molecule has 0 aromatic carbocycles. The summed E-state index contributed by atoms with van der Waals surface area (Å²) >= 11 is 0. The fraction of sp³-hybridized carbons (Fsp3) is 0.750. The van der Waals surface area contributed by atoms with Gasteiger partial charge in [-0.25, -0.2) is 0 Å². The predicted molar refractivity (Wildman–Crippen MR) is 95.9 cm³/mol. The van der Waals surface area contributed by atoms with Gasteiger partial charge in [0, 0.05) is 26.2 Å². The normalized spacial score (nSPS) is 25.2. The van der Waals surface area contributed by atoms with Crippen LogP contribution in [0.25, 0.3) is 0 Å². The fourth-order valence-corrected chi connectivity index (χ4v) is 3.54. The third-order valence-electron chi connectivity index (χ3n) is 4.85. The minimum atomic E-state index is -0.489. The maximum atomic E-state index is 11.6. The molecular formula is C16H26N6O3. The fourth-order valence-electron chi connectivity index (χ4n) is 3.54. The van der Waals surface area contributed by atoms with Gasteiger partial charge in [-0.15, -0.1) is 0 Å². The molecule has 0 radical (unpaired) electrons. The molecule has 3 heterocycles. The standard InChI is InChI=1S/C16H26N6O3/c1-10-4-6-20(7-5-10)16-18-14(17)13(22(23)24)15(19-16)21-8-11(2)25-12(3)9-21/h10-12H,4-9H2,1-3H3,(H2,17,18,19)/t11-,12+. The van der Waals surface area contributed by atoms with E-state index in [2.05, 4.69) is 21.8 Å². The zero-order chi connectivity index (χ0) is 18.1. The summed E-state index contributed by atoms with van der Waals surface area (Å²) < 4.78 is 5.73. The smallest absolute Gasteiger partial charge is 0.353 e. The van der Waals surface area contributed by atoms with E-state index in [0.717, 1.165) is 25.9 Å². The van der Waals surface area contributed by atoms with Crippen LogP contribution in [0.5, 0.6) is 0 Å². The summed E-state index contributed by atoms with van der Waals surface area (Å²) in [6, 6.07) is 0. The number of nitro groups is 1.